The number of ether oxygens (including phenoxy) is 1. The summed E-state index contributed by atoms with van der Waals surface area (Å²) in [6.07, 6.45) is 0.714. The lowest BCUT2D eigenvalue weighted by Gasteiger charge is -2.20. The van der Waals surface area contributed by atoms with Crippen molar-refractivity contribution in [3.8, 4) is 0 Å². The van der Waals surface area contributed by atoms with Gasteiger partial charge in [0.2, 0.25) is 0 Å². The zero-order valence-electron chi connectivity index (χ0n) is 18.5. The topological polar surface area (TPSA) is 77.6 Å². The van der Waals surface area contributed by atoms with Crippen LogP contribution in [-0.4, -0.2) is 39.5 Å². The van der Waals surface area contributed by atoms with Crippen molar-refractivity contribution in [1.29, 1.82) is 0 Å². The number of carbonyl (C=O) groups is 2. The molecule has 1 amide bonds. The Hall–Kier alpha value is -3.39. The molecule has 0 aliphatic heterocycles. The lowest BCUT2D eigenvalue weighted by molar-refractivity contribution is -0.139. The second-order valence-electron chi connectivity index (χ2n) is 7.77. The maximum atomic E-state index is 12.8. The number of nitrogens with zero attached hydrogens (tertiary/aromatic N) is 3. The van der Waals surface area contributed by atoms with Crippen LogP contribution in [-0.2, 0) is 22.6 Å². The molecular formula is C24H25N3O4S. The molecule has 8 heteroatoms. The Labute approximate surface area is 190 Å². The highest BCUT2D eigenvalue weighted by atomic mass is 32.1. The van der Waals surface area contributed by atoms with E-state index in [2.05, 4.69) is 4.98 Å². The lowest BCUT2D eigenvalue weighted by Crippen LogP contribution is -2.37. The van der Waals surface area contributed by atoms with E-state index in [4.69, 9.17) is 9.15 Å². The van der Waals surface area contributed by atoms with Crippen LogP contribution in [0.1, 0.15) is 39.4 Å². The number of esters is 1. The quantitative estimate of drug-likeness (QED) is 0.385. The van der Waals surface area contributed by atoms with Gasteiger partial charge in [0.1, 0.15) is 10.8 Å². The minimum atomic E-state index is -0.907. The summed E-state index contributed by atoms with van der Waals surface area (Å²) in [5.74, 6) is 0.00627. The number of fused-ring (bicyclic) bond motifs is 1. The van der Waals surface area contributed by atoms with Gasteiger partial charge in [-0.05, 0) is 51.1 Å². The minimum Gasteiger partial charge on any atom is -0.467 e. The summed E-state index contributed by atoms with van der Waals surface area (Å²) >= 11 is 1.55. The molecule has 0 aliphatic rings. The lowest BCUT2D eigenvalue weighted by atomic mass is 10.2. The van der Waals surface area contributed by atoms with E-state index in [-0.39, 0.29) is 5.91 Å². The first-order valence-corrected chi connectivity index (χ1v) is 11.1. The molecule has 0 bridgehead atoms. The van der Waals surface area contributed by atoms with Crippen molar-refractivity contribution in [2.24, 2.45) is 0 Å². The van der Waals surface area contributed by atoms with Gasteiger partial charge in [-0.1, -0.05) is 12.1 Å². The van der Waals surface area contributed by atoms with Gasteiger partial charge in [0, 0.05) is 18.4 Å². The van der Waals surface area contributed by atoms with E-state index < -0.39 is 12.1 Å². The minimum absolute atomic E-state index is 0.276. The summed E-state index contributed by atoms with van der Waals surface area (Å²) in [5.41, 5.74) is 3.05. The van der Waals surface area contributed by atoms with Crippen LogP contribution in [0.25, 0.3) is 10.2 Å². The maximum Gasteiger partial charge on any atom is 0.340 e. The SMILES string of the molecule is Cc1cc(C(=O)OC(C)C(=O)N(C)Cc2nc3ccccc3s2)c(C)n1Cc1ccco1. The summed E-state index contributed by atoms with van der Waals surface area (Å²) in [7, 11) is 1.69. The highest BCUT2D eigenvalue weighted by Gasteiger charge is 2.25. The first-order valence-electron chi connectivity index (χ1n) is 10.3. The molecule has 3 aromatic heterocycles. The number of benzene rings is 1. The van der Waals surface area contributed by atoms with Gasteiger partial charge >= 0.3 is 5.97 Å². The van der Waals surface area contributed by atoms with Gasteiger partial charge in [-0.15, -0.1) is 11.3 Å². The summed E-state index contributed by atoms with van der Waals surface area (Å²) in [5, 5.41) is 0.835. The number of rotatable bonds is 7. The number of aromatic nitrogens is 2. The average Bonchev–Trinajstić information content (AvgIpc) is 3.48. The van der Waals surface area contributed by atoms with Gasteiger partial charge in [0.15, 0.2) is 6.10 Å². The van der Waals surface area contributed by atoms with E-state index in [1.54, 1.807) is 37.6 Å². The molecule has 0 radical (unpaired) electrons. The van der Waals surface area contributed by atoms with E-state index in [0.717, 1.165) is 32.4 Å². The number of para-hydroxylation sites is 1. The number of hydrogen-bond acceptors (Lipinski definition) is 6. The molecule has 1 unspecified atom stereocenters. The van der Waals surface area contributed by atoms with Gasteiger partial charge < -0.3 is 18.6 Å². The number of hydrogen-bond donors (Lipinski definition) is 0. The number of furan rings is 1. The molecular weight excluding hydrogens is 426 g/mol. The third-order valence-electron chi connectivity index (χ3n) is 5.41. The predicted octanol–water partition coefficient (Wildman–Crippen LogP) is 4.56. The Balaban J connectivity index is 1.41. The summed E-state index contributed by atoms with van der Waals surface area (Å²) in [6, 6.07) is 13.4. The molecule has 1 aromatic carbocycles. The van der Waals surface area contributed by atoms with Crippen molar-refractivity contribution in [2.75, 3.05) is 7.05 Å². The molecule has 3 heterocycles. The Morgan fingerprint density at radius 3 is 2.72 bits per heavy atom. The maximum absolute atomic E-state index is 12.8. The molecule has 32 heavy (non-hydrogen) atoms. The van der Waals surface area contributed by atoms with Gasteiger partial charge in [-0.2, -0.15) is 0 Å². The first-order chi connectivity index (χ1) is 15.3. The fraction of sp³-hybridized carbons (Fsp3) is 0.292. The molecule has 1 atom stereocenters. The molecule has 0 saturated carbocycles. The van der Waals surface area contributed by atoms with E-state index in [0.29, 0.717) is 18.7 Å². The number of aryl methyl sites for hydroxylation is 1. The van der Waals surface area contributed by atoms with Crippen molar-refractivity contribution < 1.29 is 18.7 Å². The highest BCUT2D eigenvalue weighted by Crippen LogP contribution is 2.23. The van der Waals surface area contributed by atoms with Crippen LogP contribution < -0.4 is 0 Å². The Kier molecular flexibility index (Phi) is 6.14. The molecule has 0 spiro atoms. The zero-order valence-corrected chi connectivity index (χ0v) is 19.3. The van der Waals surface area contributed by atoms with Crippen LogP contribution in [0.2, 0.25) is 0 Å². The smallest absolute Gasteiger partial charge is 0.340 e. The van der Waals surface area contributed by atoms with Crippen LogP contribution in [0.3, 0.4) is 0 Å². The van der Waals surface area contributed by atoms with Gasteiger partial charge in [-0.25, -0.2) is 9.78 Å². The Morgan fingerprint density at radius 2 is 2.00 bits per heavy atom. The Bertz CT molecular complexity index is 1220. The van der Waals surface area contributed by atoms with E-state index in [9.17, 15) is 9.59 Å². The molecule has 7 nitrogen and oxygen atoms in total. The standard InChI is InChI=1S/C24H25N3O4S/c1-15-12-19(16(2)27(15)13-18-8-7-11-30-18)24(29)31-17(3)23(28)26(4)14-22-25-20-9-5-6-10-21(20)32-22/h5-12,17H,13-14H2,1-4H3. The van der Waals surface area contributed by atoms with Crippen LogP contribution in [0.15, 0.2) is 53.1 Å². The zero-order chi connectivity index (χ0) is 22.8. The van der Waals surface area contributed by atoms with E-state index in [1.807, 2.05) is 54.8 Å². The van der Waals surface area contributed by atoms with E-state index >= 15 is 0 Å². The molecule has 0 fully saturated rings. The number of carbonyl (C=O) groups excluding carboxylic acids is 2. The third kappa shape index (κ3) is 4.45. The number of likely N-dealkylation sites (N-methyl/N-ethyl adjacent to an activating group) is 1. The molecule has 4 aromatic rings. The van der Waals surface area contributed by atoms with Crippen LogP contribution >= 0.6 is 11.3 Å². The van der Waals surface area contributed by atoms with Gasteiger partial charge in [-0.3, -0.25) is 4.79 Å². The normalized spacial score (nSPS) is 12.1. The number of amides is 1. The summed E-state index contributed by atoms with van der Waals surface area (Å²) < 4.78 is 14.0. The van der Waals surface area contributed by atoms with Crippen molar-refractivity contribution in [3.63, 3.8) is 0 Å². The van der Waals surface area contributed by atoms with Crippen molar-refractivity contribution in [1.82, 2.24) is 14.5 Å². The molecule has 0 aliphatic carbocycles. The second-order valence-corrected chi connectivity index (χ2v) is 8.88. The summed E-state index contributed by atoms with van der Waals surface area (Å²) in [6.45, 7) is 6.26. The van der Waals surface area contributed by atoms with Crippen LogP contribution in [0.5, 0.6) is 0 Å². The molecule has 0 N–H and O–H groups in total. The average molecular weight is 452 g/mol. The van der Waals surface area contributed by atoms with Crippen LogP contribution in [0, 0.1) is 13.8 Å². The fourth-order valence-corrected chi connectivity index (χ4v) is 4.68. The van der Waals surface area contributed by atoms with Crippen molar-refractivity contribution >= 4 is 33.4 Å². The first kappa shape index (κ1) is 21.8. The monoisotopic (exact) mass is 451 g/mol. The second kappa shape index (κ2) is 9.00. The highest BCUT2D eigenvalue weighted by molar-refractivity contribution is 7.18. The molecule has 4 rings (SSSR count). The van der Waals surface area contributed by atoms with Crippen molar-refractivity contribution in [2.45, 2.75) is 40.0 Å². The number of thiazole rings is 1. The molecule has 166 valence electrons. The fourth-order valence-electron chi connectivity index (χ4n) is 3.66. The predicted molar refractivity (Wildman–Crippen MR) is 123 cm³/mol. The molecule has 0 saturated heterocycles. The van der Waals surface area contributed by atoms with E-state index in [1.165, 1.54) is 4.90 Å². The van der Waals surface area contributed by atoms with Crippen LogP contribution in [0.4, 0.5) is 0 Å². The largest absolute Gasteiger partial charge is 0.467 e. The van der Waals surface area contributed by atoms with Gasteiger partial charge in [0.05, 0.1) is 35.1 Å². The Morgan fingerprint density at radius 1 is 1.22 bits per heavy atom. The summed E-state index contributed by atoms with van der Waals surface area (Å²) in [4.78, 5) is 31.7. The third-order valence-corrected chi connectivity index (χ3v) is 6.43. The van der Waals surface area contributed by atoms with Crippen molar-refractivity contribution in [3.05, 3.63) is 76.4 Å². The van der Waals surface area contributed by atoms with Gasteiger partial charge in [0.25, 0.3) is 5.91 Å².